The molecule has 1 saturated carbocycles. The van der Waals surface area contributed by atoms with E-state index < -0.39 is 0 Å². The summed E-state index contributed by atoms with van der Waals surface area (Å²) in [4.78, 5) is 30.4. The fourth-order valence-corrected chi connectivity index (χ4v) is 7.39. The van der Waals surface area contributed by atoms with Crippen LogP contribution in [0.3, 0.4) is 0 Å². The maximum absolute atomic E-state index is 13.7. The SMILES string of the molecule is O=C1CCc2cc(C3=C(Cl)N=C([C@@H]4[C@H]5C[C@H]5c5cc(-c6cc(Cl)ccc6-n6cc(Cl)nn6)cc(=O)n54)C3)ccc2C1. The summed E-state index contributed by atoms with van der Waals surface area (Å²) in [6.45, 7) is 0. The summed E-state index contributed by atoms with van der Waals surface area (Å²) in [6.07, 6.45) is 5.07. The minimum atomic E-state index is -0.119. The lowest BCUT2D eigenvalue weighted by Gasteiger charge is -2.20. The lowest BCUT2D eigenvalue weighted by atomic mass is 9.87. The molecule has 3 atom stereocenters. The number of carbonyl (C=O) groups is 1. The molecule has 0 bridgehead atoms. The first-order valence-electron chi connectivity index (χ1n) is 13.6. The third-order valence-corrected chi connectivity index (χ3v) is 9.51. The Bertz CT molecular complexity index is 1940. The molecule has 0 radical (unpaired) electrons. The van der Waals surface area contributed by atoms with Gasteiger partial charge in [0.25, 0.3) is 5.56 Å². The van der Waals surface area contributed by atoms with E-state index in [1.807, 2.05) is 28.8 Å². The maximum atomic E-state index is 13.7. The molecule has 8 rings (SSSR count). The van der Waals surface area contributed by atoms with E-state index in [9.17, 15) is 9.59 Å². The lowest BCUT2D eigenvalue weighted by Crippen LogP contribution is -2.29. The smallest absolute Gasteiger partial charge is 0.251 e. The molecular formula is C31H22Cl3N5O2. The van der Waals surface area contributed by atoms with Gasteiger partial charge in [-0.25, -0.2) is 9.67 Å². The van der Waals surface area contributed by atoms with Crippen LogP contribution in [0.5, 0.6) is 0 Å². The van der Waals surface area contributed by atoms with E-state index in [0.717, 1.165) is 57.8 Å². The average Bonchev–Trinajstić information content (AvgIpc) is 3.27. The molecule has 0 saturated heterocycles. The Morgan fingerprint density at radius 2 is 1.76 bits per heavy atom. The number of hydrogen-bond donors (Lipinski definition) is 0. The number of allylic oxidation sites excluding steroid dienone is 1. The van der Waals surface area contributed by atoms with Crippen LogP contribution >= 0.6 is 34.8 Å². The second-order valence-electron chi connectivity index (χ2n) is 11.2. The standard InChI is InChI=1S/C31H22Cl3N5O2/c32-19-4-6-26(38-14-28(33)36-37-38)21(11-19)18-9-27-23-12-24(23)30(39(27)29(41)10-18)25-13-22(31(34)35-25)17-2-1-16-8-20(40)5-3-15(16)7-17/h1-2,4,6-7,9-11,14,23-24,30H,3,5,8,12-13H2/t23-,24+,30+/m1/s1. The molecule has 4 aliphatic rings. The maximum Gasteiger partial charge on any atom is 0.251 e. The first kappa shape index (κ1) is 25.2. The summed E-state index contributed by atoms with van der Waals surface area (Å²) < 4.78 is 3.49. The molecule has 204 valence electrons. The Labute approximate surface area is 250 Å². The Balaban J connectivity index is 1.13. The number of Topliss-reactive ketones (excluding diaryl/α,β-unsaturated/α-hetero) is 1. The molecule has 1 fully saturated rings. The van der Waals surface area contributed by atoms with Crippen molar-refractivity contribution in [3.63, 3.8) is 0 Å². The summed E-state index contributed by atoms with van der Waals surface area (Å²) in [6, 6.07) is 15.3. The molecule has 2 aliphatic heterocycles. The largest absolute Gasteiger partial charge is 0.303 e. The highest BCUT2D eigenvalue weighted by atomic mass is 35.5. The normalized spacial score (nSPS) is 22.5. The molecule has 0 spiro atoms. The highest BCUT2D eigenvalue weighted by molar-refractivity contribution is 6.35. The number of ketones is 1. The van der Waals surface area contributed by atoms with Crippen LogP contribution in [0.4, 0.5) is 0 Å². The van der Waals surface area contributed by atoms with Gasteiger partial charge in [0.05, 0.1) is 17.9 Å². The molecule has 4 aromatic rings. The number of aliphatic imine (C=N–C) groups is 1. The molecule has 0 unspecified atom stereocenters. The van der Waals surface area contributed by atoms with E-state index in [2.05, 4.69) is 22.4 Å². The molecule has 7 nitrogen and oxygen atoms in total. The molecular weight excluding hydrogens is 581 g/mol. The van der Waals surface area contributed by atoms with E-state index in [1.54, 1.807) is 23.0 Å². The van der Waals surface area contributed by atoms with Crippen LogP contribution in [0.2, 0.25) is 10.2 Å². The van der Waals surface area contributed by atoms with Crippen molar-refractivity contribution in [1.29, 1.82) is 0 Å². The number of halogens is 3. The van der Waals surface area contributed by atoms with Gasteiger partial charge in [0, 0.05) is 58.8 Å². The van der Waals surface area contributed by atoms with Gasteiger partial charge in [-0.1, -0.05) is 58.2 Å². The molecule has 2 aliphatic carbocycles. The molecule has 0 amide bonds. The summed E-state index contributed by atoms with van der Waals surface area (Å²) in [5.41, 5.74) is 8.47. The predicted molar refractivity (Wildman–Crippen MR) is 159 cm³/mol. The van der Waals surface area contributed by atoms with Gasteiger partial charge < -0.3 is 4.57 Å². The van der Waals surface area contributed by atoms with Crippen LogP contribution in [0.1, 0.15) is 53.6 Å². The van der Waals surface area contributed by atoms with E-state index in [-0.39, 0.29) is 22.5 Å². The minimum Gasteiger partial charge on any atom is -0.303 e. The van der Waals surface area contributed by atoms with Crippen molar-refractivity contribution in [2.24, 2.45) is 10.9 Å². The second-order valence-corrected chi connectivity index (χ2v) is 12.4. The van der Waals surface area contributed by atoms with Gasteiger partial charge >= 0.3 is 0 Å². The van der Waals surface area contributed by atoms with Crippen LogP contribution in [-0.2, 0) is 17.6 Å². The number of rotatable bonds is 4. The van der Waals surface area contributed by atoms with Crippen molar-refractivity contribution >= 4 is 51.9 Å². The van der Waals surface area contributed by atoms with Crippen LogP contribution in [-0.4, -0.2) is 31.1 Å². The van der Waals surface area contributed by atoms with Crippen LogP contribution < -0.4 is 5.56 Å². The average molecular weight is 603 g/mol. The molecule has 41 heavy (non-hydrogen) atoms. The van der Waals surface area contributed by atoms with Crippen molar-refractivity contribution in [2.45, 2.75) is 44.1 Å². The van der Waals surface area contributed by atoms with Gasteiger partial charge in [-0.05, 0) is 65.3 Å². The number of nitrogens with zero attached hydrogens (tertiary/aromatic N) is 5. The third-order valence-electron chi connectivity index (χ3n) is 8.79. The number of carbonyl (C=O) groups excluding carboxylic acids is 1. The number of fused-ring (bicyclic) bond motifs is 4. The molecule has 2 aromatic heterocycles. The first-order valence-corrected chi connectivity index (χ1v) is 14.7. The minimum absolute atomic E-state index is 0.0806. The monoisotopic (exact) mass is 601 g/mol. The summed E-state index contributed by atoms with van der Waals surface area (Å²) in [7, 11) is 0. The van der Waals surface area contributed by atoms with Crippen molar-refractivity contribution in [1.82, 2.24) is 19.6 Å². The van der Waals surface area contributed by atoms with Gasteiger partial charge in [0.2, 0.25) is 0 Å². The fraction of sp³-hybridized carbons (Fsp3) is 0.258. The third kappa shape index (κ3) is 4.13. The van der Waals surface area contributed by atoms with Crippen LogP contribution in [0, 0.1) is 5.92 Å². The number of benzene rings is 2. The summed E-state index contributed by atoms with van der Waals surface area (Å²) in [5.74, 6) is 0.904. The van der Waals surface area contributed by atoms with E-state index in [1.165, 1.54) is 5.56 Å². The molecule has 4 heterocycles. The second kappa shape index (κ2) is 9.24. The van der Waals surface area contributed by atoms with E-state index in [4.69, 9.17) is 39.8 Å². The number of hydrogen-bond acceptors (Lipinski definition) is 5. The molecule has 0 N–H and O–H groups in total. The summed E-state index contributed by atoms with van der Waals surface area (Å²) >= 11 is 19.1. The number of pyridine rings is 1. The van der Waals surface area contributed by atoms with Crippen molar-refractivity contribution < 1.29 is 4.79 Å². The zero-order valence-corrected chi connectivity index (χ0v) is 23.9. The highest BCUT2D eigenvalue weighted by Crippen LogP contribution is 2.60. The summed E-state index contributed by atoms with van der Waals surface area (Å²) in [5, 5.41) is 9.32. The number of aryl methyl sites for hydroxylation is 1. The van der Waals surface area contributed by atoms with E-state index in [0.29, 0.717) is 41.3 Å². The highest BCUT2D eigenvalue weighted by Gasteiger charge is 2.55. The Kier molecular flexibility index (Phi) is 5.68. The fourth-order valence-electron chi connectivity index (χ4n) is 6.80. The number of aromatic nitrogens is 4. The van der Waals surface area contributed by atoms with Crippen molar-refractivity contribution in [3.8, 4) is 16.8 Å². The van der Waals surface area contributed by atoms with Crippen LogP contribution in [0.15, 0.2) is 69.7 Å². The Morgan fingerprint density at radius 3 is 2.59 bits per heavy atom. The van der Waals surface area contributed by atoms with Gasteiger partial charge in [-0.15, -0.1) is 5.10 Å². The molecule has 10 heteroatoms. The predicted octanol–water partition coefficient (Wildman–Crippen LogP) is 6.57. The van der Waals surface area contributed by atoms with Crippen LogP contribution in [0.25, 0.3) is 22.4 Å². The Hall–Kier alpha value is -3.52. The van der Waals surface area contributed by atoms with Gasteiger partial charge in [0.15, 0.2) is 5.15 Å². The van der Waals surface area contributed by atoms with Gasteiger partial charge in [-0.2, -0.15) is 0 Å². The Morgan fingerprint density at radius 1 is 0.878 bits per heavy atom. The van der Waals surface area contributed by atoms with Gasteiger partial charge in [-0.3, -0.25) is 9.59 Å². The zero-order chi connectivity index (χ0) is 28.0. The van der Waals surface area contributed by atoms with Crippen molar-refractivity contribution in [2.75, 3.05) is 0 Å². The van der Waals surface area contributed by atoms with Gasteiger partial charge in [0.1, 0.15) is 10.9 Å². The van der Waals surface area contributed by atoms with Crippen molar-refractivity contribution in [3.05, 3.63) is 103 Å². The van der Waals surface area contributed by atoms with E-state index >= 15 is 0 Å². The molecule has 2 aromatic carbocycles. The lowest BCUT2D eigenvalue weighted by molar-refractivity contribution is -0.118. The quantitative estimate of drug-likeness (QED) is 0.247. The topological polar surface area (TPSA) is 82.1 Å². The first-order chi connectivity index (χ1) is 19.8. The zero-order valence-electron chi connectivity index (χ0n) is 21.7.